The molecule has 3 N–H and O–H groups in total. The van der Waals surface area contributed by atoms with Crippen LogP contribution in [0.4, 0.5) is 0 Å². The summed E-state index contributed by atoms with van der Waals surface area (Å²) in [6.45, 7) is 3.56. The van der Waals surface area contributed by atoms with Crippen LogP contribution in [0.3, 0.4) is 0 Å². The van der Waals surface area contributed by atoms with Gasteiger partial charge in [-0.15, -0.1) is 0 Å². The Kier molecular flexibility index (Phi) is 7.41. The zero-order valence-corrected chi connectivity index (χ0v) is 11.3. The minimum Gasteiger partial charge on any atom is -0.497 e. The lowest BCUT2D eigenvalue weighted by molar-refractivity contribution is 0.109. The Hall–Kier alpha value is -1.10. The molecule has 4 nitrogen and oxygen atoms in total. The van der Waals surface area contributed by atoms with Crippen LogP contribution >= 0.6 is 0 Å². The zero-order valence-electron chi connectivity index (χ0n) is 11.3. The molecule has 1 rings (SSSR count). The first-order valence-electron chi connectivity index (χ1n) is 6.47. The van der Waals surface area contributed by atoms with Crippen LogP contribution in [0.15, 0.2) is 24.3 Å². The predicted octanol–water partition coefficient (Wildman–Crippen LogP) is 1.89. The van der Waals surface area contributed by atoms with Gasteiger partial charge in [0, 0.05) is 12.6 Å². The molecule has 18 heavy (non-hydrogen) atoms. The Bertz CT molecular complexity index is 314. The van der Waals surface area contributed by atoms with E-state index in [1.165, 1.54) is 5.56 Å². The van der Waals surface area contributed by atoms with Gasteiger partial charge in [0.1, 0.15) is 5.75 Å². The second-order valence-electron chi connectivity index (χ2n) is 4.33. The molecule has 1 unspecified atom stereocenters. The Labute approximate surface area is 109 Å². The van der Waals surface area contributed by atoms with Gasteiger partial charge in [0.15, 0.2) is 0 Å². The summed E-state index contributed by atoms with van der Waals surface area (Å²) in [5.41, 5.74) is 4.09. The van der Waals surface area contributed by atoms with Crippen LogP contribution in [-0.2, 0) is 11.2 Å². The number of rotatable bonds is 9. The van der Waals surface area contributed by atoms with Gasteiger partial charge in [-0.05, 0) is 37.0 Å². The fourth-order valence-electron chi connectivity index (χ4n) is 1.72. The monoisotopic (exact) mass is 252 g/mol. The van der Waals surface area contributed by atoms with Gasteiger partial charge in [-0.1, -0.05) is 19.1 Å². The van der Waals surface area contributed by atoms with E-state index in [1.54, 1.807) is 7.11 Å². The molecule has 0 aromatic heterocycles. The van der Waals surface area contributed by atoms with Gasteiger partial charge in [-0.2, -0.15) is 0 Å². The number of hydrogen-bond donors (Lipinski definition) is 2. The quantitative estimate of drug-likeness (QED) is 0.400. The van der Waals surface area contributed by atoms with Gasteiger partial charge in [0.25, 0.3) is 0 Å². The fourth-order valence-corrected chi connectivity index (χ4v) is 1.72. The van der Waals surface area contributed by atoms with E-state index in [9.17, 15) is 0 Å². The van der Waals surface area contributed by atoms with Crippen LogP contribution in [0.1, 0.15) is 25.3 Å². The minimum absolute atomic E-state index is 0.207. The Morgan fingerprint density at radius 3 is 2.56 bits per heavy atom. The molecule has 1 atom stereocenters. The molecule has 0 aliphatic carbocycles. The second-order valence-corrected chi connectivity index (χ2v) is 4.33. The topological polar surface area (TPSA) is 56.5 Å². The van der Waals surface area contributed by atoms with Crippen molar-refractivity contribution in [2.75, 3.05) is 20.3 Å². The smallest absolute Gasteiger partial charge is 0.118 e. The molecule has 0 aliphatic heterocycles. The molecular formula is C14H24N2O2. The van der Waals surface area contributed by atoms with Crippen LogP contribution in [0, 0.1) is 0 Å². The Balaban J connectivity index is 2.32. The average Bonchev–Trinajstić information content (AvgIpc) is 2.43. The largest absolute Gasteiger partial charge is 0.497 e. The summed E-state index contributed by atoms with van der Waals surface area (Å²) in [6, 6.07) is 8.33. The number of ether oxygens (including phenoxy) is 2. The van der Waals surface area contributed by atoms with E-state index in [-0.39, 0.29) is 6.04 Å². The number of aryl methyl sites for hydroxylation is 1. The van der Waals surface area contributed by atoms with Crippen LogP contribution in [0.5, 0.6) is 5.75 Å². The van der Waals surface area contributed by atoms with Crippen molar-refractivity contribution in [1.29, 1.82) is 0 Å². The number of hydrazine groups is 1. The van der Waals surface area contributed by atoms with Crippen LogP contribution in [0.25, 0.3) is 0 Å². The van der Waals surface area contributed by atoms with E-state index in [4.69, 9.17) is 15.3 Å². The third kappa shape index (κ3) is 5.49. The predicted molar refractivity (Wildman–Crippen MR) is 73.5 cm³/mol. The van der Waals surface area contributed by atoms with Crippen molar-refractivity contribution in [3.05, 3.63) is 29.8 Å². The van der Waals surface area contributed by atoms with Crippen molar-refractivity contribution in [1.82, 2.24) is 5.43 Å². The molecule has 0 bridgehead atoms. The summed E-state index contributed by atoms with van der Waals surface area (Å²) in [5.74, 6) is 6.40. The molecular weight excluding hydrogens is 228 g/mol. The summed E-state index contributed by atoms with van der Waals surface area (Å²) in [4.78, 5) is 0. The van der Waals surface area contributed by atoms with Crippen molar-refractivity contribution >= 4 is 0 Å². The van der Waals surface area contributed by atoms with Crippen LogP contribution in [-0.4, -0.2) is 26.4 Å². The highest BCUT2D eigenvalue weighted by molar-refractivity contribution is 5.27. The van der Waals surface area contributed by atoms with Crippen molar-refractivity contribution in [3.8, 4) is 5.75 Å². The van der Waals surface area contributed by atoms with Gasteiger partial charge < -0.3 is 9.47 Å². The van der Waals surface area contributed by atoms with Gasteiger partial charge in [-0.3, -0.25) is 11.3 Å². The van der Waals surface area contributed by atoms with E-state index in [2.05, 4.69) is 24.5 Å². The summed E-state index contributed by atoms with van der Waals surface area (Å²) in [6.07, 6.45) is 2.98. The summed E-state index contributed by atoms with van der Waals surface area (Å²) in [7, 11) is 1.68. The van der Waals surface area contributed by atoms with E-state index in [1.807, 2.05) is 12.1 Å². The summed E-state index contributed by atoms with van der Waals surface area (Å²) < 4.78 is 10.6. The molecule has 1 aromatic rings. The molecule has 4 heteroatoms. The van der Waals surface area contributed by atoms with Crippen molar-refractivity contribution in [2.45, 2.75) is 32.2 Å². The molecule has 0 radical (unpaired) electrons. The number of methoxy groups -OCH3 is 1. The van der Waals surface area contributed by atoms with E-state index < -0.39 is 0 Å². The molecule has 102 valence electrons. The lowest BCUT2D eigenvalue weighted by atomic mass is 10.1. The maximum Gasteiger partial charge on any atom is 0.118 e. The number of hydrogen-bond acceptors (Lipinski definition) is 4. The first kappa shape index (κ1) is 15.0. The van der Waals surface area contributed by atoms with Crippen molar-refractivity contribution in [3.63, 3.8) is 0 Å². The molecule has 1 aromatic carbocycles. The third-order valence-electron chi connectivity index (χ3n) is 2.84. The molecule has 0 spiro atoms. The average molecular weight is 252 g/mol. The number of nitrogens with two attached hydrogens (primary N) is 1. The molecule has 0 amide bonds. The number of benzene rings is 1. The zero-order chi connectivity index (χ0) is 13.2. The number of nitrogens with one attached hydrogen (secondary N) is 1. The van der Waals surface area contributed by atoms with E-state index >= 15 is 0 Å². The Morgan fingerprint density at radius 2 is 2.00 bits per heavy atom. The highest BCUT2D eigenvalue weighted by atomic mass is 16.5. The molecule has 0 aliphatic rings. The highest BCUT2D eigenvalue weighted by Crippen LogP contribution is 2.13. The lowest BCUT2D eigenvalue weighted by Crippen LogP contribution is -2.39. The summed E-state index contributed by atoms with van der Waals surface area (Å²) >= 11 is 0. The second kappa shape index (κ2) is 8.91. The maximum atomic E-state index is 5.51. The standard InChI is InChI=1S/C14H24N2O2/c1-3-10-18-11-13(16-15)7-4-12-5-8-14(17-2)9-6-12/h5-6,8-9,13,16H,3-4,7,10-11,15H2,1-2H3. The van der Waals surface area contributed by atoms with Gasteiger partial charge in [-0.25, -0.2) is 0 Å². The van der Waals surface area contributed by atoms with Gasteiger partial charge in [0.2, 0.25) is 0 Å². The van der Waals surface area contributed by atoms with Crippen LogP contribution < -0.4 is 16.0 Å². The normalized spacial score (nSPS) is 12.4. The van der Waals surface area contributed by atoms with Crippen molar-refractivity contribution in [2.24, 2.45) is 5.84 Å². The fraction of sp³-hybridized carbons (Fsp3) is 0.571. The molecule has 0 heterocycles. The van der Waals surface area contributed by atoms with E-state index in [0.29, 0.717) is 6.61 Å². The van der Waals surface area contributed by atoms with E-state index in [0.717, 1.165) is 31.6 Å². The third-order valence-corrected chi connectivity index (χ3v) is 2.84. The molecule has 0 fully saturated rings. The van der Waals surface area contributed by atoms with Gasteiger partial charge in [0.05, 0.1) is 13.7 Å². The molecule has 0 saturated heterocycles. The molecule has 0 saturated carbocycles. The van der Waals surface area contributed by atoms with Gasteiger partial charge >= 0.3 is 0 Å². The Morgan fingerprint density at radius 1 is 1.28 bits per heavy atom. The minimum atomic E-state index is 0.207. The summed E-state index contributed by atoms with van der Waals surface area (Å²) in [5, 5.41) is 0. The first-order chi connectivity index (χ1) is 8.80. The highest BCUT2D eigenvalue weighted by Gasteiger charge is 2.06. The maximum absolute atomic E-state index is 5.51. The SMILES string of the molecule is CCCOCC(CCc1ccc(OC)cc1)NN. The van der Waals surface area contributed by atoms with Crippen LogP contribution in [0.2, 0.25) is 0 Å². The first-order valence-corrected chi connectivity index (χ1v) is 6.47. The lowest BCUT2D eigenvalue weighted by Gasteiger charge is -2.15. The van der Waals surface area contributed by atoms with Crippen molar-refractivity contribution < 1.29 is 9.47 Å².